The number of allylic oxidation sites excluding steroid dienone is 5. The summed E-state index contributed by atoms with van der Waals surface area (Å²) in [6, 6.07) is -3.42. The van der Waals surface area contributed by atoms with Crippen LogP contribution in [0.4, 0.5) is 4.79 Å². The molecule has 400 valence electrons. The summed E-state index contributed by atoms with van der Waals surface area (Å²) in [4.78, 5) is 72.7. The second-order valence-corrected chi connectivity index (χ2v) is 18.8. The van der Waals surface area contributed by atoms with Crippen molar-refractivity contribution in [2.24, 2.45) is 11.5 Å². The Morgan fingerprint density at radius 2 is 1.29 bits per heavy atom. The maximum absolute atomic E-state index is 13.6. The van der Waals surface area contributed by atoms with Crippen LogP contribution < -0.4 is 22.1 Å². The first kappa shape index (κ1) is 60.3. The smallest absolute Gasteiger partial charge is 0.474 e. The van der Waals surface area contributed by atoms with Crippen LogP contribution in [-0.2, 0) is 65.9 Å². The van der Waals surface area contributed by atoms with Gasteiger partial charge in [-0.25, -0.2) is 14.2 Å². The van der Waals surface area contributed by atoms with E-state index in [0.29, 0.717) is 12.8 Å². The van der Waals surface area contributed by atoms with Crippen molar-refractivity contribution >= 4 is 37.6 Å². The lowest BCUT2D eigenvalue weighted by molar-refractivity contribution is -0.365. The van der Waals surface area contributed by atoms with Gasteiger partial charge >= 0.3 is 19.9 Å². The molecule has 0 spiro atoms. The largest absolute Gasteiger partial charge is 0.479 e. The van der Waals surface area contributed by atoms with Crippen LogP contribution in [0.5, 0.6) is 0 Å². The van der Waals surface area contributed by atoms with Crippen molar-refractivity contribution in [1.82, 2.24) is 10.6 Å². The monoisotopic (exact) mass is 1030 g/mol. The number of carboxylic acids is 1. The third kappa shape index (κ3) is 17.3. The molecule has 0 aromatic carbocycles. The summed E-state index contributed by atoms with van der Waals surface area (Å²) < 4.78 is 63.2. The van der Waals surface area contributed by atoms with Crippen LogP contribution in [0.2, 0.25) is 0 Å². The minimum Gasteiger partial charge on any atom is -0.479 e. The van der Waals surface area contributed by atoms with Crippen molar-refractivity contribution in [3.8, 4) is 0 Å². The number of amides is 4. The first-order valence-electron chi connectivity index (χ1n) is 22.1. The van der Waals surface area contributed by atoms with Crippen LogP contribution >= 0.6 is 7.82 Å². The summed E-state index contributed by atoms with van der Waals surface area (Å²) in [6.45, 7) is 7.48. The van der Waals surface area contributed by atoms with Crippen LogP contribution in [-0.4, -0.2) is 194 Å². The van der Waals surface area contributed by atoms with E-state index in [2.05, 4.69) is 22.8 Å². The fourth-order valence-corrected chi connectivity index (χ4v) is 8.47. The van der Waals surface area contributed by atoms with Crippen molar-refractivity contribution in [3.05, 3.63) is 34.9 Å². The number of aliphatic carboxylic acids is 1. The zero-order chi connectivity index (χ0) is 52.8. The lowest BCUT2D eigenvalue weighted by Crippen LogP contribution is -2.72. The highest BCUT2D eigenvalue weighted by molar-refractivity contribution is 7.47. The molecule has 14 N–H and O–H groups in total. The Kier molecular flexibility index (Phi) is 23.4. The van der Waals surface area contributed by atoms with E-state index in [0.717, 1.165) is 39.2 Å². The third-order valence-corrected chi connectivity index (χ3v) is 12.2. The van der Waals surface area contributed by atoms with E-state index in [4.69, 9.17) is 53.7 Å². The number of aliphatic hydroxyl groups is 6. The second-order valence-electron chi connectivity index (χ2n) is 17.4. The molecule has 0 radical (unpaired) electrons. The molecule has 17 atom stereocenters. The predicted octanol–water partition coefficient (Wildman–Crippen LogP) is -2.27. The summed E-state index contributed by atoms with van der Waals surface area (Å²) >= 11 is 0. The summed E-state index contributed by atoms with van der Waals surface area (Å²) in [6.07, 6.45) is -18.4. The van der Waals surface area contributed by atoms with E-state index in [9.17, 15) is 69.2 Å². The number of carboxylic acid groups (broad SMARTS) is 1. The fraction of sp³-hybridized carbons (Fsp3) is 0.738. The van der Waals surface area contributed by atoms with E-state index >= 15 is 0 Å². The normalized spacial score (nSPS) is 34.1. The molecule has 0 saturated carbocycles. The number of hydrogen-bond acceptors (Lipinski definition) is 21. The number of primary amides is 2. The molecule has 27 nitrogen and oxygen atoms in total. The molecule has 3 aliphatic rings. The van der Waals surface area contributed by atoms with E-state index < -0.39 is 155 Å². The molecular weight excluding hydrogens is 959 g/mol. The summed E-state index contributed by atoms with van der Waals surface area (Å²) in [5.74, 6) is -4.69. The van der Waals surface area contributed by atoms with Gasteiger partial charge in [-0.15, -0.1) is 0 Å². The summed E-state index contributed by atoms with van der Waals surface area (Å²) in [5, 5.41) is 79.4. The molecule has 0 aliphatic carbocycles. The van der Waals surface area contributed by atoms with E-state index in [1.807, 2.05) is 27.7 Å². The number of nitrogens with two attached hydrogens (primary N) is 2. The van der Waals surface area contributed by atoms with Gasteiger partial charge in [-0.2, -0.15) is 0 Å². The molecule has 3 fully saturated rings. The molecule has 3 aliphatic heterocycles. The van der Waals surface area contributed by atoms with E-state index in [1.54, 1.807) is 6.08 Å². The van der Waals surface area contributed by atoms with Crippen molar-refractivity contribution in [2.75, 3.05) is 26.4 Å². The number of phosphoric ester groups is 1. The molecule has 1 unspecified atom stereocenters. The van der Waals surface area contributed by atoms with Gasteiger partial charge in [-0.3, -0.25) is 23.4 Å². The summed E-state index contributed by atoms with van der Waals surface area (Å²) in [7, 11) is -5.63. The van der Waals surface area contributed by atoms with Gasteiger partial charge in [0.1, 0.15) is 54.3 Å². The molecule has 0 aromatic rings. The topological polar surface area (TPSA) is 423 Å². The van der Waals surface area contributed by atoms with Gasteiger partial charge in [-0.1, -0.05) is 34.9 Å². The van der Waals surface area contributed by atoms with Crippen molar-refractivity contribution in [1.29, 1.82) is 0 Å². The Labute approximate surface area is 403 Å². The third-order valence-electron chi connectivity index (χ3n) is 11.3. The van der Waals surface area contributed by atoms with Crippen molar-refractivity contribution in [2.45, 2.75) is 172 Å². The van der Waals surface area contributed by atoms with Gasteiger partial charge in [0.2, 0.25) is 17.7 Å². The zero-order valence-electron chi connectivity index (χ0n) is 39.9. The predicted molar refractivity (Wildman–Crippen MR) is 237 cm³/mol. The lowest BCUT2D eigenvalue weighted by atomic mass is 9.85. The molecule has 3 heterocycles. The molecule has 0 bridgehead atoms. The molecule has 28 heteroatoms. The molecule has 0 aromatic heterocycles. The maximum atomic E-state index is 13.6. The van der Waals surface area contributed by atoms with Gasteiger partial charge < -0.3 is 95.9 Å². The van der Waals surface area contributed by atoms with Crippen LogP contribution in [0, 0.1) is 0 Å². The molecule has 3 rings (SSSR count). The first-order chi connectivity index (χ1) is 32.6. The first-order valence-corrected chi connectivity index (χ1v) is 23.6. The van der Waals surface area contributed by atoms with E-state index in [-0.39, 0.29) is 6.61 Å². The van der Waals surface area contributed by atoms with Gasteiger partial charge in [0, 0.05) is 13.8 Å². The van der Waals surface area contributed by atoms with Crippen molar-refractivity contribution < 1.29 is 111 Å². The minimum absolute atomic E-state index is 0.254. The number of ether oxygens (including phenoxy) is 7. The van der Waals surface area contributed by atoms with Gasteiger partial charge in [0.05, 0.1) is 26.4 Å². The quantitative estimate of drug-likeness (QED) is 0.0339. The Bertz CT molecular complexity index is 1930. The fourth-order valence-electron chi connectivity index (χ4n) is 7.66. The highest BCUT2D eigenvalue weighted by Crippen LogP contribution is 2.49. The van der Waals surface area contributed by atoms with Crippen LogP contribution in [0.3, 0.4) is 0 Å². The van der Waals surface area contributed by atoms with Crippen LogP contribution in [0.1, 0.15) is 74.1 Å². The molecule has 70 heavy (non-hydrogen) atoms. The van der Waals surface area contributed by atoms with Crippen molar-refractivity contribution in [3.63, 3.8) is 0 Å². The standard InChI is InChI=1S/C42H69N4O23P/c1-19(2)10-8-11-20(3)12-9-13-21(4)14-15-61-26(37(55)56)18-62-70(59,60)69-40-33(34(68-41(44)57)42(7,58)35(67-40)36(43)54)66-39-28(46-23(6)50)31(53)32(25(17-48)64-39)65-38-27(45-22(5)49)30(52)29(51)24(16-47)63-38/h10,12,14,24-35,38-40,47-48,51-53,58H,8-9,11,13,15-18H2,1-7H3,(H2,43,54)(H2,44,57)(H,45,49)(H,46,50)(H,55,56)(H,59,60)/b20-12+,21-14-/t24-,25-,26-,27-,28-,29-,30-,31-,32-,33-,34-,35-,38+,39+,40-,42+/m1/s1. The molecule has 4 amide bonds. The SMILES string of the molecule is CC(=O)N[C@H]1[C@H](O[C@H]2[C@@H](OP(=O)(O)OC[C@@H](OC/C=C(/C)CC/C=C(\C)CCC=C(C)C)C(=O)O)O[C@H](C(N)=O)[C@@](C)(O)[C@@H]2OC(N)=O)O[C@H](CO)[C@@H](O[C@@H]2O[C@H](CO)[C@@H](O)[C@H](O)[C@H]2NC(C)=O)[C@@H]1O. The average Bonchev–Trinajstić information content (AvgIpc) is 3.24. The number of aliphatic hydroxyl groups excluding tert-OH is 5. The van der Waals surface area contributed by atoms with Gasteiger partial charge in [-0.05, 0) is 60.3 Å². The highest BCUT2D eigenvalue weighted by atomic mass is 31.2. The van der Waals surface area contributed by atoms with Crippen LogP contribution in [0.15, 0.2) is 34.9 Å². The van der Waals surface area contributed by atoms with Gasteiger partial charge in [0.25, 0.3) is 0 Å². The lowest BCUT2D eigenvalue weighted by Gasteiger charge is -2.51. The molecular formula is C42H69N4O23P. The van der Waals surface area contributed by atoms with Crippen LogP contribution in [0.25, 0.3) is 0 Å². The highest BCUT2D eigenvalue weighted by Gasteiger charge is 2.61. The number of nitrogens with one attached hydrogen (secondary N) is 2. The van der Waals surface area contributed by atoms with Gasteiger partial charge in [0.15, 0.2) is 43.3 Å². The Balaban J connectivity index is 1.92. The Hall–Kier alpha value is -4.00. The zero-order valence-corrected chi connectivity index (χ0v) is 40.7. The number of carbonyl (C=O) groups excluding carboxylic acids is 4. The average molecular weight is 1030 g/mol. The summed E-state index contributed by atoms with van der Waals surface area (Å²) in [5.41, 5.74) is 11.3. The Morgan fingerprint density at radius 3 is 1.80 bits per heavy atom. The number of hydrogen-bond donors (Lipinski definition) is 12. The maximum Gasteiger partial charge on any atom is 0.474 e. The number of rotatable bonds is 25. The molecule has 3 saturated heterocycles. The second kappa shape index (κ2) is 27.2. The Morgan fingerprint density at radius 1 is 0.757 bits per heavy atom. The minimum atomic E-state index is -5.63. The number of phosphoric acid groups is 1. The van der Waals surface area contributed by atoms with E-state index in [1.165, 1.54) is 11.1 Å². The number of carbonyl (C=O) groups is 5.